The summed E-state index contributed by atoms with van der Waals surface area (Å²) in [4.78, 5) is 49.2. The highest BCUT2D eigenvalue weighted by Gasteiger charge is 2.32. The fraction of sp³-hybridized carbons (Fsp3) is 0.375. The van der Waals surface area contributed by atoms with Crippen LogP contribution < -0.4 is 9.80 Å². The zero-order valence-electron chi connectivity index (χ0n) is 48.7. The summed E-state index contributed by atoms with van der Waals surface area (Å²) < 4.78 is 0. The van der Waals surface area contributed by atoms with E-state index in [-0.39, 0.29) is 21.7 Å². The van der Waals surface area contributed by atoms with Crippen molar-refractivity contribution in [1.82, 2.24) is 49.7 Å². The highest BCUT2D eigenvalue weighted by molar-refractivity contribution is 6.06. The van der Waals surface area contributed by atoms with Crippen LogP contribution in [-0.2, 0) is 21.7 Å². The zero-order chi connectivity index (χ0) is 55.1. The van der Waals surface area contributed by atoms with Crippen molar-refractivity contribution < 1.29 is 0 Å². The average Bonchev–Trinajstić information content (AvgIpc) is 4.08. The molecule has 0 amide bonds. The number of nitrogens with zero attached hydrogens (tertiary/aromatic N) is 10. The third kappa shape index (κ3) is 10.0. The fourth-order valence-corrected chi connectivity index (χ4v) is 10.2. The number of rotatable bonds is 8. The Bertz CT molecular complexity index is 3580. The van der Waals surface area contributed by atoms with Crippen LogP contribution in [0.25, 0.3) is 67.4 Å². The number of aromatic nitrogens is 8. The second kappa shape index (κ2) is 19.2. The van der Waals surface area contributed by atoms with Crippen molar-refractivity contribution >= 4 is 56.5 Å². The van der Waals surface area contributed by atoms with Gasteiger partial charge < -0.3 is 29.6 Å². The maximum atomic E-state index is 5.78. The van der Waals surface area contributed by atoms with Gasteiger partial charge in [-0.1, -0.05) is 180 Å². The third-order valence-corrected chi connectivity index (χ3v) is 14.5. The Morgan fingerprint density at radius 3 is 0.829 bits per heavy atom. The molecule has 2 aliphatic rings. The van der Waals surface area contributed by atoms with Gasteiger partial charge in [-0.15, -0.1) is 0 Å². The van der Waals surface area contributed by atoms with Crippen molar-refractivity contribution in [1.29, 1.82) is 0 Å². The van der Waals surface area contributed by atoms with E-state index in [2.05, 4.69) is 210 Å². The molecular weight excluding hydrogens is 937 g/mol. The van der Waals surface area contributed by atoms with Gasteiger partial charge in [0.1, 0.15) is 34.1 Å². The monoisotopic (exact) mass is 1010 g/mol. The molecule has 4 aromatic carbocycles. The summed E-state index contributed by atoms with van der Waals surface area (Å²) >= 11 is 0. The smallest absolute Gasteiger partial charge is 0.182 e. The number of nitrogens with one attached hydrogen (secondary N) is 2. The summed E-state index contributed by atoms with van der Waals surface area (Å²) in [6.07, 6.45) is 0. The Morgan fingerprint density at radius 1 is 0.289 bits per heavy atom. The Labute approximate surface area is 451 Å². The maximum Gasteiger partial charge on any atom is 0.182 e. The second-order valence-corrected chi connectivity index (χ2v) is 25.4. The first-order valence-corrected chi connectivity index (χ1v) is 26.4. The molecule has 0 saturated carbocycles. The fourth-order valence-electron chi connectivity index (χ4n) is 10.2. The van der Waals surface area contributed by atoms with E-state index >= 15 is 0 Å². The number of hydrogen-bond donors (Lipinski definition) is 2. The van der Waals surface area contributed by atoms with Crippen LogP contribution in [0.5, 0.6) is 0 Å². The number of anilines is 2. The van der Waals surface area contributed by atoms with Crippen LogP contribution in [0.3, 0.4) is 0 Å². The summed E-state index contributed by atoms with van der Waals surface area (Å²) in [7, 11) is 16.2. The Morgan fingerprint density at radius 2 is 0.539 bits per heavy atom. The van der Waals surface area contributed by atoms with Gasteiger partial charge in [-0.25, -0.2) is 29.9 Å². The predicted molar refractivity (Wildman–Crippen MR) is 319 cm³/mol. The molecule has 0 aliphatic carbocycles. The van der Waals surface area contributed by atoms with E-state index in [0.29, 0.717) is 45.9 Å². The van der Waals surface area contributed by atoms with E-state index in [1.165, 1.54) is 22.3 Å². The molecule has 0 spiro atoms. The third-order valence-electron chi connectivity index (χ3n) is 14.5. The van der Waals surface area contributed by atoms with Gasteiger partial charge in [0.15, 0.2) is 34.6 Å². The number of aromatic amines is 2. The second-order valence-electron chi connectivity index (χ2n) is 25.4. The predicted octanol–water partition coefficient (Wildman–Crippen LogP) is 13.5. The van der Waals surface area contributed by atoms with E-state index in [1.54, 1.807) is 0 Å². The van der Waals surface area contributed by atoms with E-state index in [4.69, 9.17) is 29.9 Å². The zero-order valence-corrected chi connectivity index (χ0v) is 48.7. The number of benzene rings is 4. The molecule has 5 heterocycles. The molecule has 3 aromatic heterocycles. The molecule has 2 aliphatic heterocycles. The first-order valence-electron chi connectivity index (χ1n) is 26.4. The lowest BCUT2D eigenvalue weighted by molar-refractivity contribution is 0.553. The van der Waals surface area contributed by atoms with E-state index < -0.39 is 0 Å². The highest BCUT2D eigenvalue weighted by Crippen LogP contribution is 2.44. The minimum Gasteiger partial charge on any atom is -0.373 e. The highest BCUT2D eigenvalue weighted by atomic mass is 15.2. The van der Waals surface area contributed by atoms with Crippen molar-refractivity contribution in [3.8, 4) is 22.3 Å². The van der Waals surface area contributed by atoms with Crippen LogP contribution in [0, 0.1) is 0 Å². The molecule has 0 unspecified atom stereocenters. The van der Waals surface area contributed by atoms with Crippen LogP contribution in [-0.4, -0.2) is 106 Å². The lowest BCUT2D eigenvalue weighted by Gasteiger charge is -2.20. The van der Waals surface area contributed by atoms with Gasteiger partial charge in [0.05, 0.1) is 0 Å². The van der Waals surface area contributed by atoms with Gasteiger partial charge in [0.2, 0.25) is 0 Å². The van der Waals surface area contributed by atoms with Crippen molar-refractivity contribution in [3.05, 3.63) is 154 Å². The largest absolute Gasteiger partial charge is 0.373 e. The van der Waals surface area contributed by atoms with Crippen molar-refractivity contribution in [2.75, 3.05) is 66.2 Å². The SMILES string of the molecule is CN(C)C1=C(N(C)C)c2nc1nc1[nH]c(nc3nc(nc4[nH]c(n2)c(N(C)C)c4N(C)C)C(c2ccc(C(C)(C)C)cc2)=C3c2ccc(C(C)(C)C)cc2)c(-c2ccc(C(C)(C)C)cc2)c1-c1ccc(C(C)(C)C)cc1. The summed E-state index contributed by atoms with van der Waals surface area (Å²) in [6, 6.07) is 35.6. The quantitative estimate of drug-likeness (QED) is 0.152. The minimum absolute atomic E-state index is 0.0555. The van der Waals surface area contributed by atoms with Gasteiger partial charge in [-0.3, -0.25) is 0 Å². The van der Waals surface area contributed by atoms with Gasteiger partial charge in [0.25, 0.3) is 0 Å². The van der Waals surface area contributed by atoms with Crippen molar-refractivity contribution in [2.24, 2.45) is 0 Å². The first-order chi connectivity index (χ1) is 35.5. The molecule has 0 fully saturated rings. The summed E-state index contributed by atoms with van der Waals surface area (Å²) in [5.74, 6) is 2.07. The molecule has 9 rings (SSSR count). The first kappa shape index (κ1) is 53.2. The number of hydrogen-bond acceptors (Lipinski definition) is 10. The molecule has 76 heavy (non-hydrogen) atoms. The lowest BCUT2D eigenvalue weighted by Crippen LogP contribution is -2.18. The Hall–Kier alpha value is -7.60. The molecule has 12 heteroatoms. The molecule has 394 valence electrons. The molecule has 8 bridgehead atoms. The lowest BCUT2D eigenvalue weighted by atomic mass is 9.84. The van der Waals surface area contributed by atoms with Crippen LogP contribution in [0.1, 0.15) is 140 Å². The maximum absolute atomic E-state index is 5.78. The molecule has 7 aromatic rings. The van der Waals surface area contributed by atoms with Crippen molar-refractivity contribution in [2.45, 2.75) is 105 Å². The molecule has 2 N–H and O–H groups in total. The summed E-state index contributed by atoms with van der Waals surface area (Å²) in [5.41, 5.74) is 17.9. The van der Waals surface area contributed by atoms with Gasteiger partial charge >= 0.3 is 0 Å². The average molecular weight is 1020 g/mol. The topological polar surface area (TPSA) is 122 Å². The molecular formula is C64H78N12. The van der Waals surface area contributed by atoms with E-state index in [1.807, 2.05) is 56.4 Å². The van der Waals surface area contributed by atoms with E-state index in [9.17, 15) is 0 Å². The minimum atomic E-state index is -0.0605. The van der Waals surface area contributed by atoms with Gasteiger partial charge in [-0.2, -0.15) is 0 Å². The number of H-pyrrole nitrogens is 2. The van der Waals surface area contributed by atoms with Crippen molar-refractivity contribution in [3.63, 3.8) is 0 Å². The Kier molecular flexibility index (Phi) is 13.5. The van der Waals surface area contributed by atoms with E-state index in [0.717, 1.165) is 67.3 Å². The summed E-state index contributed by atoms with van der Waals surface area (Å²) in [6.45, 7) is 27.0. The van der Waals surface area contributed by atoms with Crippen LogP contribution in [0.4, 0.5) is 11.4 Å². The van der Waals surface area contributed by atoms with Crippen LogP contribution >= 0.6 is 0 Å². The molecule has 0 saturated heterocycles. The Balaban J connectivity index is 1.55. The number of fused-ring (bicyclic) bond motifs is 8. The normalized spacial score (nSPS) is 13.4. The molecule has 0 atom stereocenters. The van der Waals surface area contributed by atoms with Gasteiger partial charge in [0, 0.05) is 78.7 Å². The van der Waals surface area contributed by atoms with Crippen LogP contribution in [0.15, 0.2) is 97.1 Å². The summed E-state index contributed by atoms with van der Waals surface area (Å²) in [5, 5.41) is 0. The molecule has 0 radical (unpaired) electrons. The molecule has 12 nitrogen and oxygen atoms in total. The standard InChI is InChI=1S/C64H78N12/c1-61(2,3)41-29-21-37(22-30-41)45-47(39-25-33-43(34-26-39)63(7,8)9)55-66-53(45)65-54-46(38-23-31-42(32-24-38)62(4,5)6)48(40-27-35-44(36-28-40)64(10,11)12)56(67-54)69-58-50(74(15)16)52(76(19)20)60(71-58)72-59-51(75(17)18)49(73(13)14)57(68-55)70-59/h21-36H,1-20H3,(H2,65,66,67,68,69,70,71,72). The van der Waals surface area contributed by atoms with Crippen LogP contribution in [0.2, 0.25) is 0 Å². The van der Waals surface area contributed by atoms with Gasteiger partial charge in [-0.05, 0) is 66.2 Å².